The summed E-state index contributed by atoms with van der Waals surface area (Å²) in [7, 11) is 0. The van der Waals surface area contributed by atoms with Crippen LogP contribution in [0.3, 0.4) is 0 Å². The molecule has 114 valence electrons. The zero-order valence-corrected chi connectivity index (χ0v) is 12.7. The van der Waals surface area contributed by atoms with E-state index in [9.17, 15) is 14.4 Å². The molecule has 7 nitrogen and oxygen atoms in total. The summed E-state index contributed by atoms with van der Waals surface area (Å²) >= 11 is 1.02. The van der Waals surface area contributed by atoms with Gasteiger partial charge in [-0.2, -0.15) is 0 Å². The third-order valence-electron chi connectivity index (χ3n) is 3.07. The lowest BCUT2D eigenvalue weighted by Crippen LogP contribution is -2.45. The maximum atomic E-state index is 12.3. The Morgan fingerprint density at radius 3 is 2.81 bits per heavy atom. The second-order valence-electron chi connectivity index (χ2n) is 4.62. The lowest BCUT2D eigenvalue weighted by molar-refractivity contribution is -0.141. The molecule has 0 aliphatic carbocycles. The first-order chi connectivity index (χ1) is 9.99. The molecule has 1 aliphatic heterocycles. The molecule has 1 aliphatic rings. The summed E-state index contributed by atoms with van der Waals surface area (Å²) in [5.74, 6) is -0.510. The molecule has 0 spiro atoms. The van der Waals surface area contributed by atoms with Crippen molar-refractivity contribution in [1.29, 1.82) is 5.41 Å². The number of carbonyl (C=O) groups excluding carboxylic acids is 1. The molecular formula is C13H17N3O4S. The lowest BCUT2D eigenvalue weighted by Gasteiger charge is -2.25. The van der Waals surface area contributed by atoms with Crippen molar-refractivity contribution in [2.24, 2.45) is 0 Å². The molecule has 21 heavy (non-hydrogen) atoms. The van der Waals surface area contributed by atoms with E-state index in [-0.39, 0.29) is 24.4 Å². The van der Waals surface area contributed by atoms with Crippen molar-refractivity contribution in [3.8, 4) is 0 Å². The van der Waals surface area contributed by atoms with Crippen molar-refractivity contribution in [2.75, 3.05) is 6.61 Å². The Hall–Kier alpha value is -1.83. The monoisotopic (exact) mass is 311 g/mol. The van der Waals surface area contributed by atoms with Gasteiger partial charge in [-0.1, -0.05) is 18.7 Å². The Kier molecular flexibility index (Phi) is 4.66. The fraction of sp³-hybridized carbons (Fsp3) is 0.538. The van der Waals surface area contributed by atoms with Crippen LogP contribution < -0.4 is 11.2 Å². The van der Waals surface area contributed by atoms with Crippen molar-refractivity contribution in [2.45, 2.75) is 43.6 Å². The van der Waals surface area contributed by atoms with Crippen molar-refractivity contribution in [3.63, 3.8) is 0 Å². The molecule has 1 N–H and O–H groups in total. The number of thioether (sulfide) groups is 1. The highest BCUT2D eigenvalue weighted by molar-refractivity contribution is 8.01. The Morgan fingerprint density at radius 2 is 2.19 bits per heavy atom. The van der Waals surface area contributed by atoms with Crippen LogP contribution in [0.2, 0.25) is 0 Å². The first-order valence-electron chi connectivity index (χ1n) is 6.74. The third-order valence-corrected chi connectivity index (χ3v) is 4.36. The SMILES string of the molecule is CCCn1c(=O)cc2n(c1=O)CC(=N)C(C(=O)OCC)S2. The van der Waals surface area contributed by atoms with Gasteiger partial charge in [0.1, 0.15) is 5.25 Å². The largest absolute Gasteiger partial charge is 0.465 e. The number of esters is 1. The first kappa shape index (κ1) is 15.6. The summed E-state index contributed by atoms with van der Waals surface area (Å²) in [5, 5.41) is 7.56. The second kappa shape index (κ2) is 6.30. The van der Waals surface area contributed by atoms with Crippen molar-refractivity contribution in [3.05, 3.63) is 26.9 Å². The molecule has 0 bridgehead atoms. The molecule has 0 fully saturated rings. The van der Waals surface area contributed by atoms with Gasteiger partial charge in [-0.3, -0.25) is 18.7 Å². The number of ether oxygens (including phenoxy) is 1. The van der Waals surface area contributed by atoms with E-state index in [0.717, 1.165) is 16.3 Å². The number of rotatable bonds is 4. The zero-order chi connectivity index (χ0) is 15.6. The van der Waals surface area contributed by atoms with Crippen molar-refractivity contribution < 1.29 is 9.53 Å². The van der Waals surface area contributed by atoms with E-state index < -0.39 is 16.9 Å². The molecule has 1 atom stereocenters. The molecular weight excluding hydrogens is 294 g/mol. The topological polar surface area (TPSA) is 94.1 Å². The Balaban J connectivity index is 2.43. The van der Waals surface area contributed by atoms with Gasteiger partial charge in [0, 0.05) is 12.6 Å². The van der Waals surface area contributed by atoms with Crippen LogP contribution >= 0.6 is 11.8 Å². The molecule has 0 radical (unpaired) electrons. The minimum atomic E-state index is -0.786. The van der Waals surface area contributed by atoms with Gasteiger partial charge in [-0.25, -0.2) is 4.79 Å². The van der Waals surface area contributed by atoms with Gasteiger partial charge in [0.15, 0.2) is 0 Å². The van der Waals surface area contributed by atoms with Gasteiger partial charge in [0.25, 0.3) is 5.56 Å². The Morgan fingerprint density at radius 1 is 1.48 bits per heavy atom. The van der Waals surface area contributed by atoms with Gasteiger partial charge >= 0.3 is 11.7 Å². The van der Waals surface area contributed by atoms with Gasteiger partial charge in [0.05, 0.1) is 23.9 Å². The average Bonchev–Trinajstić information content (AvgIpc) is 2.44. The molecule has 1 aromatic heterocycles. The van der Waals surface area contributed by atoms with E-state index in [4.69, 9.17) is 10.1 Å². The van der Waals surface area contributed by atoms with Crippen LogP contribution in [0.1, 0.15) is 20.3 Å². The maximum Gasteiger partial charge on any atom is 0.332 e. The summed E-state index contributed by atoms with van der Waals surface area (Å²) in [5.41, 5.74) is -0.703. The maximum absolute atomic E-state index is 12.3. The van der Waals surface area contributed by atoms with Crippen LogP contribution in [0.25, 0.3) is 0 Å². The summed E-state index contributed by atoms with van der Waals surface area (Å²) in [6, 6.07) is 1.35. The van der Waals surface area contributed by atoms with Crippen LogP contribution in [0, 0.1) is 5.41 Å². The summed E-state index contributed by atoms with van der Waals surface area (Å²) < 4.78 is 7.43. The van der Waals surface area contributed by atoms with Gasteiger partial charge in [-0.05, 0) is 13.3 Å². The first-order valence-corrected chi connectivity index (χ1v) is 7.62. The molecule has 0 saturated heterocycles. The number of hydrogen-bond acceptors (Lipinski definition) is 6. The van der Waals surface area contributed by atoms with Crippen LogP contribution in [0.5, 0.6) is 0 Å². The molecule has 0 aromatic carbocycles. The summed E-state index contributed by atoms with van der Waals surface area (Å²) in [6.07, 6.45) is 0.671. The van der Waals surface area contributed by atoms with E-state index >= 15 is 0 Å². The van der Waals surface area contributed by atoms with Crippen molar-refractivity contribution >= 4 is 23.4 Å². The number of nitrogens with one attached hydrogen (secondary N) is 1. The fourth-order valence-corrected chi connectivity index (χ4v) is 3.18. The predicted octanol–water partition coefficient (Wildman–Crippen LogP) is 0.477. The van der Waals surface area contributed by atoms with Gasteiger partial charge in [0.2, 0.25) is 0 Å². The quantitative estimate of drug-likeness (QED) is 0.644. The molecule has 0 amide bonds. The third kappa shape index (κ3) is 2.94. The highest BCUT2D eigenvalue weighted by Crippen LogP contribution is 2.28. The van der Waals surface area contributed by atoms with Crippen LogP contribution in [-0.2, 0) is 22.6 Å². The number of nitrogens with zero attached hydrogens (tertiary/aromatic N) is 2. The highest BCUT2D eigenvalue weighted by atomic mass is 32.2. The second-order valence-corrected chi connectivity index (χ2v) is 5.74. The van der Waals surface area contributed by atoms with E-state index in [1.54, 1.807) is 6.92 Å². The molecule has 1 aromatic rings. The summed E-state index contributed by atoms with van der Waals surface area (Å²) in [4.78, 5) is 36.0. The minimum absolute atomic E-state index is 0.00857. The van der Waals surface area contributed by atoms with E-state index in [1.165, 1.54) is 10.6 Å². The molecule has 2 rings (SSSR count). The molecule has 0 saturated carbocycles. The van der Waals surface area contributed by atoms with Crippen LogP contribution in [0.4, 0.5) is 0 Å². The number of fused-ring (bicyclic) bond motifs is 1. The number of aromatic nitrogens is 2. The average molecular weight is 311 g/mol. The van der Waals surface area contributed by atoms with Crippen molar-refractivity contribution in [1.82, 2.24) is 9.13 Å². The van der Waals surface area contributed by atoms with E-state index in [2.05, 4.69) is 0 Å². The minimum Gasteiger partial charge on any atom is -0.465 e. The van der Waals surface area contributed by atoms with Gasteiger partial charge in [-0.15, -0.1) is 0 Å². The van der Waals surface area contributed by atoms with Crippen LogP contribution in [0.15, 0.2) is 20.7 Å². The normalized spacial score (nSPS) is 17.4. The fourth-order valence-electron chi connectivity index (χ4n) is 2.12. The highest BCUT2D eigenvalue weighted by Gasteiger charge is 2.32. The zero-order valence-electron chi connectivity index (χ0n) is 11.9. The molecule has 8 heteroatoms. The Bertz CT molecular complexity index is 692. The standard InChI is InChI=1S/C13H17N3O4S/c1-3-5-15-9(17)6-10-16(13(15)19)7-8(14)11(21-10)12(18)20-4-2/h6,11,14H,3-5,7H2,1-2H3. The number of hydrogen-bond donors (Lipinski definition) is 1. The van der Waals surface area contributed by atoms with E-state index in [0.29, 0.717) is 18.0 Å². The molecule has 2 heterocycles. The van der Waals surface area contributed by atoms with E-state index in [1.807, 2.05) is 6.92 Å². The lowest BCUT2D eigenvalue weighted by atomic mass is 10.2. The predicted molar refractivity (Wildman–Crippen MR) is 79.3 cm³/mol. The Labute approximate surface area is 125 Å². The smallest absolute Gasteiger partial charge is 0.332 e. The summed E-state index contributed by atoms with van der Waals surface area (Å²) in [6.45, 7) is 4.15. The van der Waals surface area contributed by atoms with Crippen LogP contribution in [-0.4, -0.2) is 32.7 Å². The molecule has 1 unspecified atom stereocenters. The van der Waals surface area contributed by atoms with Gasteiger partial charge < -0.3 is 10.1 Å². The number of carbonyl (C=O) groups is 1.